The van der Waals surface area contributed by atoms with Crippen LogP contribution in [0.25, 0.3) is 0 Å². The van der Waals surface area contributed by atoms with Crippen LogP contribution < -0.4 is 4.74 Å². The first-order chi connectivity index (χ1) is 9.98. The smallest absolute Gasteiger partial charge is 0.365 e. The summed E-state index contributed by atoms with van der Waals surface area (Å²) in [5, 5.41) is 10.6. The largest absolute Gasteiger partial charge is 0.462 e. The fourth-order valence-corrected chi connectivity index (χ4v) is 2.44. The van der Waals surface area contributed by atoms with Gasteiger partial charge in [0, 0.05) is 5.56 Å². The van der Waals surface area contributed by atoms with E-state index in [1.54, 1.807) is 19.9 Å². The predicted molar refractivity (Wildman–Crippen MR) is 73.0 cm³/mol. The highest BCUT2D eigenvalue weighted by molar-refractivity contribution is 6.31. The minimum atomic E-state index is -2.28. The number of halogens is 1. The molecule has 1 aliphatic heterocycles. The van der Waals surface area contributed by atoms with E-state index in [4.69, 9.17) is 25.8 Å². The minimum Gasteiger partial charge on any atom is -0.462 e. The van der Waals surface area contributed by atoms with Gasteiger partial charge in [-0.1, -0.05) is 17.7 Å². The molecule has 0 aromatic heterocycles. The van der Waals surface area contributed by atoms with Crippen LogP contribution in [0.2, 0.25) is 5.02 Å². The maximum Gasteiger partial charge on any atom is 0.365 e. The topological polar surface area (TPSA) is 82.1 Å². The second kappa shape index (κ2) is 5.91. The second-order valence-corrected chi connectivity index (χ2v) is 4.74. The highest BCUT2D eigenvalue weighted by Gasteiger charge is 2.63. The summed E-state index contributed by atoms with van der Waals surface area (Å²) in [6.07, 6.45) is -1.60. The van der Waals surface area contributed by atoms with Crippen molar-refractivity contribution < 1.29 is 28.9 Å². The normalized spacial score (nSPS) is 18.6. The van der Waals surface area contributed by atoms with Gasteiger partial charge >= 0.3 is 17.5 Å². The zero-order valence-electron chi connectivity index (χ0n) is 11.6. The van der Waals surface area contributed by atoms with Gasteiger partial charge in [-0.25, -0.2) is 9.59 Å². The van der Waals surface area contributed by atoms with E-state index in [9.17, 15) is 14.7 Å². The molecule has 0 bridgehead atoms. The van der Waals surface area contributed by atoms with Gasteiger partial charge in [-0.05, 0) is 26.0 Å². The van der Waals surface area contributed by atoms with Crippen LogP contribution in [0.3, 0.4) is 0 Å². The molecule has 2 rings (SSSR count). The van der Waals surface area contributed by atoms with Gasteiger partial charge in [0.05, 0.1) is 18.2 Å². The van der Waals surface area contributed by atoms with Crippen LogP contribution in [-0.2, 0) is 19.1 Å². The molecule has 0 amide bonds. The van der Waals surface area contributed by atoms with Gasteiger partial charge in [-0.3, -0.25) is 0 Å². The van der Waals surface area contributed by atoms with E-state index in [1.807, 2.05) is 0 Å². The maximum absolute atomic E-state index is 12.2. The Balaban J connectivity index is 2.52. The number of hydrogen-bond acceptors (Lipinski definition) is 6. The van der Waals surface area contributed by atoms with Crippen molar-refractivity contribution in [2.24, 2.45) is 0 Å². The minimum absolute atomic E-state index is 0.0279. The molecule has 1 aromatic rings. The van der Waals surface area contributed by atoms with Crippen LogP contribution in [0, 0.1) is 0 Å². The number of benzene rings is 1. The molecule has 114 valence electrons. The molecule has 6 nitrogen and oxygen atoms in total. The van der Waals surface area contributed by atoms with Gasteiger partial charge in [0.2, 0.25) is 0 Å². The van der Waals surface area contributed by atoms with Gasteiger partial charge in [-0.2, -0.15) is 0 Å². The Labute approximate surface area is 126 Å². The number of hydrogen-bond donors (Lipinski definition) is 1. The van der Waals surface area contributed by atoms with Crippen molar-refractivity contribution in [3.8, 4) is 5.75 Å². The number of esters is 2. The number of aliphatic hydroxyl groups excluding tert-OH is 1. The molecule has 1 unspecified atom stereocenters. The standard InChI is InChI=1S/C14H15ClO6/c1-3-19-12(17)14(13(18)20-4-2)11(16)10-8(15)6-5-7-9(10)21-14/h5-7,11,16H,3-4H2,1-2H3. The van der Waals surface area contributed by atoms with Gasteiger partial charge in [0.25, 0.3) is 0 Å². The van der Waals surface area contributed by atoms with E-state index in [-0.39, 0.29) is 29.5 Å². The van der Waals surface area contributed by atoms with Crippen molar-refractivity contribution in [1.29, 1.82) is 0 Å². The quantitative estimate of drug-likeness (QED) is 0.672. The second-order valence-electron chi connectivity index (χ2n) is 4.33. The first kappa shape index (κ1) is 15.6. The molecule has 0 radical (unpaired) electrons. The Hall–Kier alpha value is -1.79. The Kier molecular flexibility index (Phi) is 4.39. The highest BCUT2D eigenvalue weighted by atomic mass is 35.5. The Morgan fingerprint density at radius 3 is 2.33 bits per heavy atom. The number of rotatable bonds is 4. The molecule has 1 atom stereocenters. The van der Waals surface area contributed by atoms with Crippen molar-refractivity contribution >= 4 is 23.5 Å². The summed E-state index contributed by atoms with van der Waals surface area (Å²) in [6, 6.07) is 4.62. The molecular formula is C14H15ClO6. The lowest BCUT2D eigenvalue weighted by molar-refractivity contribution is -0.187. The molecule has 1 heterocycles. The molecule has 21 heavy (non-hydrogen) atoms. The fraction of sp³-hybridized carbons (Fsp3) is 0.429. The van der Waals surface area contributed by atoms with Crippen LogP contribution >= 0.6 is 11.6 Å². The number of fused-ring (bicyclic) bond motifs is 1. The van der Waals surface area contributed by atoms with Crippen LogP contribution in [0.4, 0.5) is 0 Å². The van der Waals surface area contributed by atoms with Gasteiger partial charge in [0.1, 0.15) is 11.9 Å². The zero-order valence-corrected chi connectivity index (χ0v) is 12.3. The molecule has 0 fully saturated rings. The van der Waals surface area contributed by atoms with Crippen LogP contribution in [0.5, 0.6) is 5.75 Å². The Morgan fingerprint density at radius 2 is 1.86 bits per heavy atom. The van der Waals surface area contributed by atoms with E-state index >= 15 is 0 Å². The maximum atomic E-state index is 12.2. The Bertz CT molecular complexity index is 553. The van der Waals surface area contributed by atoms with E-state index in [0.717, 1.165) is 0 Å². The number of ether oxygens (including phenoxy) is 3. The first-order valence-corrected chi connectivity index (χ1v) is 6.86. The monoisotopic (exact) mass is 314 g/mol. The first-order valence-electron chi connectivity index (χ1n) is 6.48. The van der Waals surface area contributed by atoms with Crippen molar-refractivity contribution in [1.82, 2.24) is 0 Å². The van der Waals surface area contributed by atoms with Gasteiger partial charge in [0.15, 0.2) is 0 Å². The predicted octanol–water partition coefficient (Wildman–Crippen LogP) is 1.63. The fourth-order valence-electron chi connectivity index (χ4n) is 2.17. The lowest BCUT2D eigenvalue weighted by atomic mass is 9.93. The third-order valence-corrected chi connectivity index (χ3v) is 3.43. The number of carbonyl (C=O) groups excluding carboxylic acids is 2. The van der Waals surface area contributed by atoms with E-state index in [0.29, 0.717) is 0 Å². The van der Waals surface area contributed by atoms with Crippen molar-refractivity contribution in [2.45, 2.75) is 25.6 Å². The molecule has 0 saturated heterocycles. The zero-order chi connectivity index (χ0) is 15.6. The van der Waals surface area contributed by atoms with Crippen molar-refractivity contribution in [2.75, 3.05) is 13.2 Å². The molecule has 0 saturated carbocycles. The summed E-state index contributed by atoms with van der Waals surface area (Å²) in [7, 11) is 0. The van der Waals surface area contributed by atoms with Crippen LogP contribution in [0.15, 0.2) is 18.2 Å². The van der Waals surface area contributed by atoms with Crippen molar-refractivity contribution in [3.05, 3.63) is 28.8 Å². The van der Waals surface area contributed by atoms with Crippen LogP contribution in [-0.4, -0.2) is 35.9 Å². The van der Waals surface area contributed by atoms with Gasteiger partial charge in [-0.15, -0.1) is 0 Å². The molecule has 1 aliphatic rings. The molecule has 1 aromatic carbocycles. The lowest BCUT2D eigenvalue weighted by Gasteiger charge is -2.26. The van der Waals surface area contributed by atoms with E-state index in [2.05, 4.69) is 0 Å². The SMILES string of the molecule is CCOC(=O)C1(C(=O)OCC)Oc2cccc(Cl)c2C1O. The highest BCUT2D eigenvalue weighted by Crippen LogP contribution is 2.47. The van der Waals surface area contributed by atoms with Crippen LogP contribution in [0.1, 0.15) is 25.5 Å². The molecule has 0 spiro atoms. The van der Waals surface area contributed by atoms with Gasteiger partial charge < -0.3 is 19.3 Å². The summed E-state index contributed by atoms with van der Waals surface area (Å²) in [4.78, 5) is 24.4. The summed E-state index contributed by atoms with van der Waals surface area (Å²) in [6.45, 7) is 3.22. The summed E-state index contributed by atoms with van der Waals surface area (Å²) < 4.78 is 15.2. The average molecular weight is 315 g/mol. The third kappa shape index (κ3) is 2.34. The molecule has 1 N–H and O–H groups in total. The van der Waals surface area contributed by atoms with E-state index in [1.165, 1.54) is 12.1 Å². The summed E-state index contributed by atoms with van der Waals surface area (Å²) >= 11 is 6.01. The molecular weight excluding hydrogens is 300 g/mol. The number of carbonyl (C=O) groups is 2. The Morgan fingerprint density at radius 1 is 1.29 bits per heavy atom. The summed E-state index contributed by atoms with van der Waals surface area (Å²) in [5.74, 6) is -1.87. The third-order valence-electron chi connectivity index (χ3n) is 3.10. The lowest BCUT2D eigenvalue weighted by Crippen LogP contribution is -2.55. The molecule has 0 aliphatic carbocycles. The van der Waals surface area contributed by atoms with E-state index < -0.39 is 23.6 Å². The summed E-state index contributed by atoms with van der Waals surface area (Å²) in [5.41, 5.74) is -2.11. The number of aliphatic hydroxyl groups is 1. The average Bonchev–Trinajstić information content (AvgIpc) is 2.75. The van der Waals surface area contributed by atoms with Crippen molar-refractivity contribution in [3.63, 3.8) is 0 Å². The molecule has 7 heteroatoms.